The van der Waals surface area contributed by atoms with Gasteiger partial charge in [0.15, 0.2) is 0 Å². The van der Waals surface area contributed by atoms with Crippen LogP contribution in [0.1, 0.15) is 30.3 Å². The predicted molar refractivity (Wildman–Crippen MR) is 67.6 cm³/mol. The average molecular weight is 219 g/mol. The summed E-state index contributed by atoms with van der Waals surface area (Å²) in [4.78, 5) is 6.94. The van der Waals surface area contributed by atoms with Crippen LogP contribution in [0.2, 0.25) is 0 Å². The van der Waals surface area contributed by atoms with Gasteiger partial charge >= 0.3 is 0 Å². The second-order valence-electron chi connectivity index (χ2n) is 4.89. The summed E-state index contributed by atoms with van der Waals surface area (Å²) in [6.07, 6.45) is 1.28. The summed E-state index contributed by atoms with van der Waals surface area (Å²) in [6, 6.07) is 2.17. The topological polar surface area (TPSA) is 42.1 Å². The summed E-state index contributed by atoms with van der Waals surface area (Å²) in [5.74, 6) is 0.791. The largest absolute Gasteiger partial charge is 0.371 e. The Balaban J connectivity index is 2.38. The summed E-state index contributed by atoms with van der Waals surface area (Å²) >= 11 is 0. The molecule has 16 heavy (non-hydrogen) atoms. The molecule has 3 nitrogen and oxygen atoms in total. The third-order valence-electron chi connectivity index (χ3n) is 3.40. The molecule has 1 saturated heterocycles. The van der Waals surface area contributed by atoms with Crippen molar-refractivity contribution in [2.24, 2.45) is 11.7 Å². The highest BCUT2D eigenvalue weighted by atomic mass is 15.2. The lowest BCUT2D eigenvalue weighted by atomic mass is 10.1. The Morgan fingerprint density at radius 1 is 1.50 bits per heavy atom. The summed E-state index contributed by atoms with van der Waals surface area (Å²) in [6.45, 7) is 9.30. The van der Waals surface area contributed by atoms with Crippen molar-refractivity contribution >= 4 is 5.69 Å². The molecule has 1 unspecified atom stereocenters. The van der Waals surface area contributed by atoms with Crippen molar-refractivity contribution < 1.29 is 0 Å². The van der Waals surface area contributed by atoms with Gasteiger partial charge in [-0.25, -0.2) is 0 Å². The second kappa shape index (κ2) is 4.42. The standard InChI is InChI=1S/C13H21N3/c1-9-4-5-16(8-9)13-6-10(2)15-11(3)12(13)7-14/h6,9H,4-5,7-8,14H2,1-3H3. The molecule has 0 saturated carbocycles. The quantitative estimate of drug-likeness (QED) is 0.827. The van der Waals surface area contributed by atoms with E-state index in [-0.39, 0.29) is 0 Å². The Morgan fingerprint density at radius 2 is 2.25 bits per heavy atom. The van der Waals surface area contributed by atoms with E-state index in [2.05, 4.69) is 36.7 Å². The molecule has 2 rings (SSSR count). The smallest absolute Gasteiger partial charge is 0.0448 e. The first-order chi connectivity index (χ1) is 7.61. The Hall–Kier alpha value is -1.09. The second-order valence-corrected chi connectivity index (χ2v) is 4.89. The minimum absolute atomic E-state index is 0.583. The molecule has 1 aromatic heterocycles. The molecule has 1 atom stereocenters. The first kappa shape index (κ1) is 11.4. The molecule has 1 aliphatic heterocycles. The van der Waals surface area contributed by atoms with E-state index in [4.69, 9.17) is 5.73 Å². The predicted octanol–water partition coefficient (Wildman–Crippen LogP) is 2.00. The van der Waals surface area contributed by atoms with E-state index < -0.39 is 0 Å². The lowest BCUT2D eigenvalue weighted by molar-refractivity contribution is 0.659. The Labute approximate surface area is 97.7 Å². The lowest BCUT2D eigenvalue weighted by Crippen LogP contribution is -2.22. The van der Waals surface area contributed by atoms with Crippen molar-refractivity contribution in [2.75, 3.05) is 18.0 Å². The van der Waals surface area contributed by atoms with Gasteiger partial charge in [0.25, 0.3) is 0 Å². The van der Waals surface area contributed by atoms with Crippen molar-refractivity contribution in [3.05, 3.63) is 23.0 Å². The van der Waals surface area contributed by atoms with Crippen molar-refractivity contribution in [3.63, 3.8) is 0 Å². The summed E-state index contributed by atoms with van der Waals surface area (Å²) in [5.41, 5.74) is 10.5. The van der Waals surface area contributed by atoms with Crippen LogP contribution in [-0.2, 0) is 6.54 Å². The van der Waals surface area contributed by atoms with Gasteiger partial charge in [0.05, 0.1) is 0 Å². The Morgan fingerprint density at radius 3 is 2.81 bits per heavy atom. The number of nitrogens with zero attached hydrogens (tertiary/aromatic N) is 2. The van der Waals surface area contributed by atoms with E-state index in [1.807, 2.05) is 0 Å². The maximum atomic E-state index is 5.84. The number of anilines is 1. The van der Waals surface area contributed by atoms with E-state index in [9.17, 15) is 0 Å². The fourth-order valence-corrected chi connectivity index (χ4v) is 2.52. The fraction of sp³-hybridized carbons (Fsp3) is 0.615. The van der Waals surface area contributed by atoms with Crippen LogP contribution in [0.4, 0.5) is 5.69 Å². The molecular weight excluding hydrogens is 198 g/mol. The van der Waals surface area contributed by atoms with Crippen LogP contribution in [0.25, 0.3) is 0 Å². The minimum Gasteiger partial charge on any atom is -0.371 e. The lowest BCUT2D eigenvalue weighted by Gasteiger charge is -2.23. The number of rotatable bonds is 2. The maximum absolute atomic E-state index is 5.84. The molecule has 0 amide bonds. The first-order valence-electron chi connectivity index (χ1n) is 6.04. The van der Waals surface area contributed by atoms with Crippen LogP contribution in [-0.4, -0.2) is 18.1 Å². The molecule has 0 aliphatic carbocycles. The molecular formula is C13H21N3. The van der Waals surface area contributed by atoms with Gasteiger partial charge in [-0.1, -0.05) is 6.92 Å². The number of nitrogens with two attached hydrogens (primary N) is 1. The summed E-state index contributed by atoms with van der Waals surface area (Å²) < 4.78 is 0. The molecule has 1 aliphatic rings. The normalized spacial score (nSPS) is 20.5. The minimum atomic E-state index is 0.583. The molecule has 1 aromatic rings. The van der Waals surface area contributed by atoms with Gasteiger partial charge < -0.3 is 10.6 Å². The third-order valence-corrected chi connectivity index (χ3v) is 3.40. The van der Waals surface area contributed by atoms with E-state index in [1.54, 1.807) is 0 Å². The zero-order valence-electron chi connectivity index (χ0n) is 10.5. The number of hydrogen-bond donors (Lipinski definition) is 1. The van der Waals surface area contributed by atoms with Gasteiger partial charge in [-0.2, -0.15) is 0 Å². The van der Waals surface area contributed by atoms with Gasteiger partial charge in [-0.15, -0.1) is 0 Å². The van der Waals surface area contributed by atoms with Gasteiger partial charge in [-0.3, -0.25) is 4.98 Å². The van der Waals surface area contributed by atoms with Crippen LogP contribution in [0.5, 0.6) is 0 Å². The molecule has 0 spiro atoms. The van der Waals surface area contributed by atoms with Crippen LogP contribution >= 0.6 is 0 Å². The van der Waals surface area contributed by atoms with Crippen molar-refractivity contribution in [3.8, 4) is 0 Å². The summed E-state index contributed by atoms with van der Waals surface area (Å²) in [5, 5.41) is 0. The average Bonchev–Trinajstić information content (AvgIpc) is 2.63. The molecule has 0 aromatic carbocycles. The molecule has 3 heteroatoms. The highest BCUT2D eigenvalue weighted by Gasteiger charge is 2.21. The van der Waals surface area contributed by atoms with Crippen molar-refractivity contribution in [2.45, 2.75) is 33.7 Å². The maximum Gasteiger partial charge on any atom is 0.0448 e. The van der Waals surface area contributed by atoms with Crippen LogP contribution in [0, 0.1) is 19.8 Å². The van der Waals surface area contributed by atoms with E-state index in [0.717, 1.165) is 30.4 Å². The van der Waals surface area contributed by atoms with Gasteiger partial charge in [0.1, 0.15) is 0 Å². The van der Waals surface area contributed by atoms with Crippen molar-refractivity contribution in [1.82, 2.24) is 4.98 Å². The SMILES string of the molecule is Cc1cc(N2CCC(C)C2)c(CN)c(C)n1. The number of aryl methyl sites for hydroxylation is 2. The molecule has 0 radical (unpaired) electrons. The van der Waals surface area contributed by atoms with Crippen LogP contribution in [0.3, 0.4) is 0 Å². The monoisotopic (exact) mass is 219 g/mol. The van der Waals surface area contributed by atoms with Gasteiger partial charge in [-0.05, 0) is 32.3 Å². The van der Waals surface area contributed by atoms with Gasteiger partial charge in [0.2, 0.25) is 0 Å². The molecule has 0 bridgehead atoms. The number of aromatic nitrogens is 1. The molecule has 2 N–H and O–H groups in total. The Kier molecular flexibility index (Phi) is 3.15. The Bertz CT molecular complexity index is 387. The first-order valence-corrected chi connectivity index (χ1v) is 6.04. The zero-order valence-corrected chi connectivity index (χ0v) is 10.5. The van der Waals surface area contributed by atoms with E-state index in [1.165, 1.54) is 17.7 Å². The molecule has 88 valence electrons. The number of pyridine rings is 1. The molecule has 2 heterocycles. The van der Waals surface area contributed by atoms with E-state index >= 15 is 0 Å². The highest BCUT2D eigenvalue weighted by Crippen LogP contribution is 2.28. The fourth-order valence-electron chi connectivity index (χ4n) is 2.52. The zero-order chi connectivity index (χ0) is 11.7. The van der Waals surface area contributed by atoms with Crippen LogP contribution in [0.15, 0.2) is 6.07 Å². The molecule has 1 fully saturated rings. The van der Waals surface area contributed by atoms with E-state index in [0.29, 0.717) is 6.54 Å². The summed E-state index contributed by atoms with van der Waals surface area (Å²) in [7, 11) is 0. The van der Waals surface area contributed by atoms with Crippen LogP contribution < -0.4 is 10.6 Å². The number of hydrogen-bond acceptors (Lipinski definition) is 3. The third kappa shape index (κ3) is 2.05. The van der Waals surface area contributed by atoms with Crippen molar-refractivity contribution in [1.29, 1.82) is 0 Å². The highest BCUT2D eigenvalue weighted by molar-refractivity contribution is 5.56. The van der Waals surface area contributed by atoms with Gasteiger partial charge in [0, 0.05) is 42.3 Å².